The standard InChI is InChI=1S/C12H14ClN3/c1-8-3-4-11(13)5-12(8)16-9(2)10(6-14)7-15-16/h3-5,7H,6,14H2,1-2H3. The summed E-state index contributed by atoms with van der Waals surface area (Å²) in [4.78, 5) is 0. The van der Waals surface area contributed by atoms with Gasteiger partial charge < -0.3 is 5.73 Å². The molecule has 16 heavy (non-hydrogen) atoms. The molecule has 1 aromatic carbocycles. The average Bonchev–Trinajstić information content (AvgIpc) is 2.63. The van der Waals surface area contributed by atoms with Crippen molar-refractivity contribution in [3.8, 4) is 5.69 Å². The highest BCUT2D eigenvalue weighted by Gasteiger charge is 2.09. The molecule has 2 N–H and O–H groups in total. The van der Waals surface area contributed by atoms with E-state index in [1.165, 1.54) is 0 Å². The van der Waals surface area contributed by atoms with E-state index in [2.05, 4.69) is 5.10 Å². The van der Waals surface area contributed by atoms with E-state index in [1.807, 2.05) is 36.7 Å². The maximum atomic E-state index is 5.99. The monoisotopic (exact) mass is 235 g/mol. The van der Waals surface area contributed by atoms with Crippen molar-refractivity contribution >= 4 is 11.6 Å². The Morgan fingerprint density at radius 2 is 2.12 bits per heavy atom. The van der Waals surface area contributed by atoms with Crippen LogP contribution in [0, 0.1) is 13.8 Å². The van der Waals surface area contributed by atoms with Crippen molar-refractivity contribution in [2.45, 2.75) is 20.4 Å². The van der Waals surface area contributed by atoms with Crippen LogP contribution in [0.4, 0.5) is 0 Å². The highest BCUT2D eigenvalue weighted by atomic mass is 35.5. The van der Waals surface area contributed by atoms with Gasteiger partial charge in [-0.25, -0.2) is 4.68 Å². The van der Waals surface area contributed by atoms with Crippen LogP contribution in [-0.2, 0) is 6.54 Å². The third kappa shape index (κ3) is 1.84. The summed E-state index contributed by atoms with van der Waals surface area (Å²) in [5.74, 6) is 0. The number of halogens is 1. The molecule has 0 radical (unpaired) electrons. The fourth-order valence-electron chi connectivity index (χ4n) is 1.70. The Morgan fingerprint density at radius 1 is 1.38 bits per heavy atom. The molecule has 0 aliphatic rings. The number of nitrogens with zero attached hydrogens (tertiary/aromatic N) is 2. The Kier molecular flexibility index (Phi) is 2.99. The average molecular weight is 236 g/mol. The van der Waals surface area contributed by atoms with Crippen LogP contribution >= 0.6 is 11.6 Å². The summed E-state index contributed by atoms with van der Waals surface area (Å²) < 4.78 is 1.88. The van der Waals surface area contributed by atoms with Gasteiger partial charge in [-0.15, -0.1) is 0 Å². The first-order valence-electron chi connectivity index (χ1n) is 5.13. The first-order chi connectivity index (χ1) is 7.63. The predicted molar refractivity (Wildman–Crippen MR) is 65.9 cm³/mol. The molecule has 0 saturated carbocycles. The molecule has 84 valence electrons. The summed E-state index contributed by atoms with van der Waals surface area (Å²) in [6.45, 7) is 4.55. The molecule has 1 heterocycles. The molecule has 0 aliphatic heterocycles. The van der Waals surface area contributed by atoms with Crippen LogP contribution in [-0.4, -0.2) is 9.78 Å². The molecule has 2 rings (SSSR count). The molecule has 0 atom stereocenters. The predicted octanol–water partition coefficient (Wildman–Crippen LogP) is 2.60. The second-order valence-electron chi connectivity index (χ2n) is 3.80. The Hall–Kier alpha value is -1.32. The second-order valence-corrected chi connectivity index (χ2v) is 4.24. The smallest absolute Gasteiger partial charge is 0.0692 e. The minimum Gasteiger partial charge on any atom is -0.326 e. The van der Waals surface area contributed by atoms with Crippen molar-refractivity contribution in [3.05, 3.63) is 46.2 Å². The lowest BCUT2D eigenvalue weighted by Gasteiger charge is -2.09. The molecule has 3 nitrogen and oxygen atoms in total. The molecule has 0 aliphatic carbocycles. The highest BCUT2D eigenvalue weighted by molar-refractivity contribution is 6.30. The fourth-order valence-corrected chi connectivity index (χ4v) is 1.86. The van der Waals surface area contributed by atoms with Crippen molar-refractivity contribution in [1.29, 1.82) is 0 Å². The van der Waals surface area contributed by atoms with Crippen molar-refractivity contribution in [1.82, 2.24) is 9.78 Å². The van der Waals surface area contributed by atoms with Gasteiger partial charge in [-0.2, -0.15) is 5.10 Å². The molecule has 1 aromatic heterocycles. The van der Waals surface area contributed by atoms with Crippen LogP contribution in [0.5, 0.6) is 0 Å². The van der Waals surface area contributed by atoms with Crippen LogP contribution < -0.4 is 5.73 Å². The number of hydrogen-bond acceptors (Lipinski definition) is 2. The third-order valence-corrected chi connectivity index (χ3v) is 2.97. The van der Waals surface area contributed by atoms with E-state index in [4.69, 9.17) is 17.3 Å². The third-order valence-electron chi connectivity index (χ3n) is 2.73. The molecule has 2 aromatic rings. The Morgan fingerprint density at radius 3 is 2.75 bits per heavy atom. The van der Waals surface area contributed by atoms with Gasteiger partial charge in [0.05, 0.1) is 11.9 Å². The van der Waals surface area contributed by atoms with E-state index in [9.17, 15) is 0 Å². The van der Waals surface area contributed by atoms with Crippen LogP contribution in [0.3, 0.4) is 0 Å². The first-order valence-corrected chi connectivity index (χ1v) is 5.51. The van der Waals surface area contributed by atoms with Crippen molar-refractivity contribution < 1.29 is 0 Å². The number of hydrogen-bond donors (Lipinski definition) is 1. The quantitative estimate of drug-likeness (QED) is 0.870. The molecule has 0 amide bonds. The Labute approximate surface area is 99.8 Å². The second kappa shape index (κ2) is 4.28. The van der Waals surface area contributed by atoms with Crippen LogP contribution in [0.15, 0.2) is 24.4 Å². The zero-order valence-electron chi connectivity index (χ0n) is 9.37. The van der Waals surface area contributed by atoms with Crippen molar-refractivity contribution in [2.75, 3.05) is 0 Å². The van der Waals surface area contributed by atoms with Gasteiger partial charge in [0.15, 0.2) is 0 Å². The molecule has 0 fully saturated rings. The normalized spacial score (nSPS) is 10.8. The number of aryl methyl sites for hydroxylation is 1. The van der Waals surface area contributed by atoms with Gasteiger partial charge in [-0.05, 0) is 31.5 Å². The Bertz CT molecular complexity index is 517. The SMILES string of the molecule is Cc1ccc(Cl)cc1-n1ncc(CN)c1C. The van der Waals surface area contributed by atoms with E-state index < -0.39 is 0 Å². The topological polar surface area (TPSA) is 43.8 Å². The number of aromatic nitrogens is 2. The summed E-state index contributed by atoms with van der Waals surface area (Å²) in [6, 6.07) is 5.78. The van der Waals surface area contributed by atoms with Crippen LogP contribution in [0.25, 0.3) is 5.69 Å². The van der Waals surface area contributed by atoms with Crippen molar-refractivity contribution in [2.24, 2.45) is 5.73 Å². The Balaban J connectivity index is 2.58. The van der Waals surface area contributed by atoms with E-state index >= 15 is 0 Å². The lowest BCUT2D eigenvalue weighted by Crippen LogP contribution is -2.03. The molecule has 0 saturated heterocycles. The maximum absolute atomic E-state index is 5.99. The van der Waals surface area contributed by atoms with Gasteiger partial charge in [0.25, 0.3) is 0 Å². The van der Waals surface area contributed by atoms with Gasteiger partial charge >= 0.3 is 0 Å². The molecular weight excluding hydrogens is 222 g/mol. The largest absolute Gasteiger partial charge is 0.326 e. The van der Waals surface area contributed by atoms with Gasteiger partial charge in [-0.1, -0.05) is 17.7 Å². The summed E-state index contributed by atoms with van der Waals surface area (Å²) in [5, 5.41) is 5.05. The van der Waals surface area contributed by atoms with E-state index in [0.29, 0.717) is 11.6 Å². The number of benzene rings is 1. The zero-order chi connectivity index (χ0) is 11.7. The van der Waals surface area contributed by atoms with Gasteiger partial charge in [-0.3, -0.25) is 0 Å². The molecular formula is C12H14ClN3. The zero-order valence-corrected chi connectivity index (χ0v) is 10.1. The maximum Gasteiger partial charge on any atom is 0.0692 e. The summed E-state index contributed by atoms with van der Waals surface area (Å²) in [5.41, 5.74) is 9.89. The van der Waals surface area contributed by atoms with Crippen molar-refractivity contribution in [3.63, 3.8) is 0 Å². The molecule has 0 bridgehead atoms. The first kappa shape index (κ1) is 11.2. The van der Waals surface area contributed by atoms with Gasteiger partial charge in [0.2, 0.25) is 0 Å². The molecule has 0 spiro atoms. The molecule has 4 heteroatoms. The van der Waals surface area contributed by atoms with Gasteiger partial charge in [0.1, 0.15) is 0 Å². The van der Waals surface area contributed by atoms with Crippen LogP contribution in [0.1, 0.15) is 16.8 Å². The highest BCUT2D eigenvalue weighted by Crippen LogP contribution is 2.21. The number of nitrogens with two attached hydrogens (primary N) is 1. The van der Waals surface area contributed by atoms with Gasteiger partial charge in [0, 0.05) is 22.8 Å². The minimum absolute atomic E-state index is 0.505. The minimum atomic E-state index is 0.505. The fraction of sp³-hybridized carbons (Fsp3) is 0.250. The lowest BCUT2D eigenvalue weighted by atomic mass is 10.2. The van der Waals surface area contributed by atoms with Crippen LogP contribution in [0.2, 0.25) is 5.02 Å². The lowest BCUT2D eigenvalue weighted by molar-refractivity contribution is 0.836. The summed E-state index contributed by atoms with van der Waals surface area (Å²) >= 11 is 5.99. The van der Waals surface area contributed by atoms with E-state index in [0.717, 1.165) is 22.5 Å². The molecule has 0 unspecified atom stereocenters. The summed E-state index contributed by atoms with van der Waals surface area (Å²) in [6.07, 6.45) is 1.80. The van der Waals surface area contributed by atoms with E-state index in [1.54, 1.807) is 6.20 Å². The summed E-state index contributed by atoms with van der Waals surface area (Å²) in [7, 11) is 0. The number of rotatable bonds is 2. The van der Waals surface area contributed by atoms with E-state index in [-0.39, 0.29) is 0 Å².